The van der Waals surface area contributed by atoms with Gasteiger partial charge in [-0.1, -0.05) is 6.08 Å². The normalized spacial score (nSPS) is 19.8. The van der Waals surface area contributed by atoms with E-state index in [0.717, 1.165) is 18.6 Å². The summed E-state index contributed by atoms with van der Waals surface area (Å²) in [6, 6.07) is 0. The maximum absolute atomic E-state index is 6.82. The molecule has 0 bridgehead atoms. The van der Waals surface area contributed by atoms with Gasteiger partial charge in [0.2, 0.25) is 0 Å². The second kappa shape index (κ2) is 2.62. The molecular weight excluding hydrogens is 102 g/mol. The molecule has 2 heteroatoms. The summed E-state index contributed by atoms with van der Waals surface area (Å²) in [6.07, 6.45) is 4.35. The molecule has 1 rings (SSSR count). The number of hydrogen-bond donors (Lipinski definition) is 1. The summed E-state index contributed by atoms with van der Waals surface area (Å²) in [5.41, 5.74) is 0.997. The van der Waals surface area contributed by atoms with Crippen LogP contribution in [0.25, 0.3) is 0 Å². The lowest BCUT2D eigenvalue weighted by Crippen LogP contribution is -2.05. The Bertz CT molecular complexity index is 118. The summed E-state index contributed by atoms with van der Waals surface area (Å²) in [5.74, 6) is 0. The van der Waals surface area contributed by atoms with E-state index in [1.165, 1.54) is 6.21 Å². The van der Waals surface area contributed by atoms with E-state index < -0.39 is 0 Å². The monoisotopic (exact) mass is 111 g/mol. The van der Waals surface area contributed by atoms with E-state index in [1.807, 2.05) is 6.08 Å². The van der Waals surface area contributed by atoms with Crippen molar-refractivity contribution in [1.82, 2.24) is 0 Å². The number of rotatable bonds is 1. The van der Waals surface area contributed by atoms with Crippen molar-refractivity contribution >= 4 is 6.21 Å². The van der Waals surface area contributed by atoms with Crippen molar-refractivity contribution in [3.63, 3.8) is 0 Å². The van der Waals surface area contributed by atoms with Gasteiger partial charge in [0.25, 0.3) is 0 Å². The third-order valence-electron chi connectivity index (χ3n) is 1.12. The highest BCUT2D eigenvalue weighted by Crippen LogP contribution is 2.01. The van der Waals surface area contributed by atoms with Crippen molar-refractivity contribution in [2.75, 3.05) is 13.2 Å². The van der Waals surface area contributed by atoms with Crippen LogP contribution in [0, 0.1) is 5.41 Å². The molecule has 44 valence electrons. The lowest BCUT2D eigenvalue weighted by Gasteiger charge is -2.07. The van der Waals surface area contributed by atoms with Crippen molar-refractivity contribution < 1.29 is 4.74 Å². The molecule has 8 heavy (non-hydrogen) atoms. The lowest BCUT2D eigenvalue weighted by atomic mass is 10.2. The minimum absolute atomic E-state index is 0.628. The molecule has 1 N–H and O–H groups in total. The molecule has 0 aromatic carbocycles. The van der Waals surface area contributed by atoms with Crippen molar-refractivity contribution in [3.8, 4) is 0 Å². The third kappa shape index (κ3) is 1.17. The smallest absolute Gasteiger partial charge is 0.0728 e. The van der Waals surface area contributed by atoms with E-state index in [1.54, 1.807) is 0 Å². The maximum Gasteiger partial charge on any atom is 0.0728 e. The fourth-order valence-corrected chi connectivity index (χ4v) is 0.677. The van der Waals surface area contributed by atoms with Gasteiger partial charge in [-0.05, 0) is 12.0 Å². The van der Waals surface area contributed by atoms with Gasteiger partial charge in [-0.2, -0.15) is 0 Å². The van der Waals surface area contributed by atoms with Gasteiger partial charge in [-0.3, -0.25) is 0 Å². The summed E-state index contributed by atoms with van der Waals surface area (Å²) in [4.78, 5) is 0. The molecule has 1 aliphatic rings. The molecule has 0 atom stereocenters. The standard InChI is InChI=1S/C6H9NO/c7-4-6-2-1-3-8-5-6/h2,4,7H,1,3,5H2. The molecule has 2 nitrogen and oxygen atoms in total. The predicted molar refractivity (Wildman–Crippen MR) is 32.3 cm³/mol. The zero-order valence-electron chi connectivity index (χ0n) is 4.68. The Morgan fingerprint density at radius 3 is 3.00 bits per heavy atom. The zero-order chi connectivity index (χ0) is 5.82. The Hall–Kier alpha value is -0.630. The molecule has 0 saturated carbocycles. The topological polar surface area (TPSA) is 33.1 Å². The first kappa shape index (κ1) is 5.51. The van der Waals surface area contributed by atoms with Crippen LogP contribution >= 0.6 is 0 Å². The minimum atomic E-state index is 0.628. The van der Waals surface area contributed by atoms with Gasteiger partial charge in [0.15, 0.2) is 0 Å². The second-order valence-electron chi connectivity index (χ2n) is 1.76. The van der Waals surface area contributed by atoms with Crippen LogP contribution < -0.4 is 0 Å². The first-order chi connectivity index (χ1) is 3.93. The van der Waals surface area contributed by atoms with Gasteiger partial charge in [0.1, 0.15) is 0 Å². The van der Waals surface area contributed by atoms with E-state index in [-0.39, 0.29) is 0 Å². The van der Waals surface area contributed by atoms with Gasteiger partial charge in [0, 0.05) is 6.21 Å². The second-order valence-corrected chi connectivity index (χ2v) is 1.76. The summed E-state index contributed by atoms with van der Waals surface area (Å²) in [7, 11) is 0. The Labute approximate surface area is 48.7 Å². The highest BCUT2D eigenvalue weighted by Gasteiger charge is 1.97. The Morgan fingerprint density at radius 2 is 2.62 bits per heavy atom. The third-order valence-corrected chi connectivity index (χ3v) is 1.12. The van der Waals surface area contributed by atoms with Crippen molar-refractivity contribution in [2.24, 2.45) is 0 Å². The molecule has 1 aliphatic heterocycles. The molecule has 0 saturated heterocycles. The molecule has 0 spiro atoms. The Balaban J connectivity index is 2.49. The summed E-state index contributed by atoms with van der Waals surface area (Å²) >= 11 is 0. The molecule has 0 amide bonds. The van der Waals surface area contributed by atoms with E-state index >= 15 is 0 Å². The molecule has 0 fully saturated rings. The molecule has 0 aromatic rings. The van der Waals surface area contributed by atoms with E-state index in [2.05, 4.69) is 0 Å². The van der Waals surface area contributed by atoms with Gasteiger partial charge in [0.05, 0.1) is 13.2 Å². The summed E-state index contributed by atoms with van der Waals surface area (Å²) < 4.78 is 5.05. The molecule has 1 heterocycles. The van der Waals surface area contributed by atoms with Crippen molar-refractivity contribution in [2.45, 2.75) is 6.42 Å². The lowest BCUT2D eigenvalue weighted by molar-refractivity contribution is 0.154. The van der Waals surface area contributed by atoms with Crippen LogP contribution in [0.1, 0.15) is 6.42 Å². The Morgan fingerprint density at radius 1 is 1.75 bits per heavy atom. The van der Waals surface area contributed by atoms with Crippen LogP contribution in [0.15, 0.2) is 11.6 Å². The predicted octanol–water partition coefficient (Wildman–Crippen LogP) is 0.983. The van der Waals surface area contributed by atoms with Gasteiger partial charge < -0.3 is 10.1 Å². The van der Waals surface area contributed by atoms with Gasteiger partial charge in [-0.15, -0.1) is 0 Å². The van der Waals surface area contributed by atoms with E-state index in [0.29, 0.717) is 6.61 Å². The molecular formula is C6H9NO. The molecule has 0 unspecified atom stereocenters. The van der Waals surface area contributed by atoms with Crippen LogP contribution in [0.3, 0.4) is 0 Å². The quantitative estimate of drug-likeness (QED) is 0.503. The molecule has 0 aromatic heterocycles. The van der Waals surface area contributed by atoms with Crippen LogP contribution in [-0.4, -0.2) is 19.4 Å². The van der Waals surface area contributed by atoms with Crippen LogP contribution in [0.4, 0.5) is 0 Å². The average molecular weight is 111 g/mol. The zero-order valence-corrected chi connectivity index (χ0v) is 4.68. The van der Waals surface area contributed by atoms with Crippen molar-refractivity contribution in [1.29, 1.82) is 5.41 Å². The highest BCUT2D eigenvalue weighted by atomic mass is 16.5. The number of ether oxygens (including phenoxy) is 1. The van der Waals surface area contributed by atoms with Crippen LogP contribution in [0.2, 0.25) is 0 Å². The SMILES string of the molecule is N=CC1=CCCOC1. The highest BCUT2D eigenvalue weighted by molar-refractivity contribution is 5.76. The minimum Gasteiger partial charge on any atom is -0.376 e. The van der Waals surface area contributed by atoms with Gasteiger partial charge >= 0.3 is 0 Å². The maximum atomic E-state index is 6.82. The molecule has 0 radical (unpaired) electrons. The first-order valence-electron chi connectivity index (χ1n) is 2.71. The Kier molecular flexibility index (Phi) is 1.80. The fraction of sp³-hybridized carbons (Fsp3) is 0.500. The largest absolute Gasteiger partial charge is 0.376 e. The summed E-state index contributed by atoms with van der Waals surface area (Å²) in [6.45, 7) is 1.45. The first-order valence-corrected chi connectivity index (χ1v) is 2.71. The van der Waals surface area contributed by atoms with Crippen LogP contribution in [-0.2, 0) is 4.74 Å². The van der Waals surface area contributed by atoms with Crippen molar-refractivity contribution in [3.05, 3.63) is 11.6 Å². The summed E-state index contributed by atoms with van der Waals surface area (Å²) in [5, 5.41) is 6.82. The molecule has 0 aliphatic carbocycles. The van der Waals surface area contributed by atoms with E-state index in [9.17, 15) is 0 Å². The van der Waals surface area contributed by atoms with Crippen LogP contribution in [0.5, 0.6) is 0 Å². The number of nitrogens with one attached hydrogen (secondary N) is 1. The average Bonchev–Trinajstić information content (AvgIpc) is 1.90. The van der Waals surface area contributed by atoms with Gasteiger partial charge in [-0.25, -0.2) is 0 Å². The fourth-order valence-electron chi connectivity index (χ4n) is 0.677. The number of hydrogen-bond acceptors (Lipinski definition) is 2. The van der Waals surface area contributed by atoms with E-state index in [4.69, 9.17) is 10.1 Å².